The lowest BCUT2D eigenvalue weighted by Crippen LogP contribution is -2.54. The summed E-state index contributed by atoms with van der Waals surface area (Å²) in [6.45, 7) is 4.78. The summed E-state index contributed by atoms with van der Waals surface area (Å²) in [5, 5.41) is 7.68. The minimum atomic E-state index is -1.18. The van der Waals surface area contributed by atoms with Gasteiger partial charge in [-0.05, 0) is 46.9 Å². The van der Waals surface area contributed by atoms with Gasteiger partial charge >= 0.3 is 12.2 Å². The first-order valence-electron chi connectivity index (χ1n) is 11.8. The summed E-state index contributed by atoms with van der Waals surface area (Å²) in [6.07, 6.45) is 0.699. The standard InChI is InChI=1S/C25H36N6O6/c1-25(2,3)37-24(36)19(12-11-18(32)14-28-26)30-23(35)20(13-17-9-7-6-8-10-17)29-21(33)15-27-22(34)16-31(4)5/h6-10,14,19-20,26H,11-13,15-16H2,1-5H3,(H2-,27,29,30,33,34,35)/p+1/t19-,20-/m0/s1. The predicted octanol–water partition coefficient (Wildman–Crippen LogP) is -0.123. The second kappa shape index (κ2) is 15.3. The largest absolute Gasteiger partial charge is 0.458 e. The normalized spacial score (nSPS) is 12.5. The summed E-state index contributed by atoms with van der Waals surface area (Å²) in [6, 6.07) is 6.71. The van der Waals surface area contributed by atoms with Crippen molar-refractivity contribution in [3.63, 3.8) is 0 Å². The van der Waals surface area contributed by atoms with Gasteiger partial charge in [0.05, 0.1) is 23.4 Å². The Labute approximate surface area is 216 Å². The van der Waals surface area contributed by atoms with Gasteiger partial charge in [0.25, 0.3) is 0 Å². The predicted molar refractivity (Wildman–Crippen MR) is 135 cm³/mol. The molecule has 0 heterocycles. The number of Topliss-reactive ketones (excluding diaryl/α,β-unsaturated/α-hetero) is 1. The van der Waals surface area contributed by atoms with Crippen molar-refractivity contribution in [1.82, 2.24) is 20.9 Å². The lowest BCUT2D eigenvalue weighted by atomic mass is 10.0. The number of carbonyl (C=O) groups excluding carboxylic acids is 5. The van der Waals surface area contributed by atoms with E-state index in [9.17, 15) is 24.0 Å². The molecule has 0 aliphatic rings. The van der Waals surface area contributed by atoms with E-state index in [1.54, 1.807) is 64.0 Å². The molecule has 1 aromatic rings. The molecule has 0 unspecified atom stereocenters. The van der Waals surface area contributed by atoms with Crippen LogP contribution in [0.15, 0.2) is 30.3 Å². The summed E-state index contributed by atoms with van der Waals surface area (Å²) in [5.41, 5.74) is 6.70. The summed E-state index contributed by atoms with van der Waals surface area (Å²) >= 11 is 0. The van der Waals surface area contributed by atoms with Crippen LogP contribution in [0, 0.1) is 5.53 Å². The van der Waals surface area contributed by atoms with Crippen LogP contribution in [0.1, 0.15) is 39.2 Å². The van der Waals surface area contributed by atoms with E-state index in [2.05, 4.69) is 20.7 Å². The number of esters is 1. The molecule has 0 aliphatic carbocycles. The Morgan fingerprint density at radius 3 is 2.24 bits per heavy atom. The fraction of sp³-hybridized carbons (Fsp3) is 0.520. The van der Waals surface area contributed by atoms with Gasteiger partial charge in [-0.3, -0.25) is 19.2 Å². The van der Waals surface area contributed by atoms with Crippen molar-refractivity contribution in [3.05, 3.63) is 35.9 Å². The molecular formula is C25H37N6O6+. The van der Waals surface area contributed by atoms with Gasteiger partial charge in [-0.1, -0.05) is 30.3 Å². The molecule has 0 radical (unpaired) electrons. The van der Waals surface area contributed by atoms with E-state index in [0.29, 0.717) is 0 Å². The fourth-order valence-corrected chi connectivity index (χ4v) is 3.14. The van der Waals surface area contributed by atoms with E-state index in [1.807, 2.05) is 6.07 Å². The van der Waals surface area contributed by atoms with E-state index in [-0.39, 0.29) is 38.3 Å². The Kier molecular flexibility index (Phi) is 12.9. The molecule has 1 rings (SSSR count). The zero-order chi connectivity index (χ0) is 28.0. The highest BCUT2D eigenvalue weighted by Gasteiger charge is 2.30. The lowest BCUT2D eigenvalue weighted by molar-refractivity contribution is -0.159. The molecule has 12 nitrogen and oxygen atoms in total. The SMILES string of the molecule is CN(C)CC(=O)NCC(=O)N[C@@H](Cc1ccccc1)C(=O)N[C@@H](CCC(=O)C=[N+]=N)C(=O)OC(C)(C)C. The van der Waals surface area contributed by atoms with Crippen molar-refractivity contribution < 1.29 is 33.5 Å². The molecule has 4 N–H and O–H groups in total. The summed E-state index contributed by atoms with van der Waals surface area (Å²) in [4.78, 5) is 66.8. The maximum absolute atomic E-state index is 13.2. The van der Waals surface area contributed by atoms with Crippen molar-refractivity contribution in [2.75, 3.05) is 27.2 Å². The number of hydrogen-bond donors (Lipinski definition) is 4. The van der Waals surface area contributed by atoms with Gasteiger partial charge in [0.1, 0.15) is 17.7 Å². The number of amides is 3. The van der Waals surface area contributed by atoms with E-state index >= 15 is 0 Å². The van der Waals surface area contributed by atoms with Gasteiger partial charge < -0.3 is 25.6 Å². The van der Waals surface area contributed by atoms with Crippen molar-refractivity contribution in [2.45, 2.75) is 57.7 Å². The van der Waals surface area contributed by atoms with E-state index in [4.69, 9.17) is 10.3 Å². The van der Waals surface area contributed by atoms with Crippen LogP contribution in [0.25, 0.3) is 0 Å². The van der Waals surface area contributed by atoms with Gasteiger partial charge in [0.15, 0.2) is 0 Å². The highest BCUT2D eigenvalue weighted by molar-refractivity contribution is 6.25. The van der Waals surface area contributed by atoms with Gasteiger partial charge in [0, 0.05) is 12.8 Å². The number of hydrogen-bond acceptors (Lipinski definition) is 8. The molecule has 0 aromatic heterocycles. The topological polar surface area (TPSA) is 172 Å². The van der Waals surface area contributed by atoms with Gasteiger partial charge in [-0.15, -0.1) is 0 Å². The number of benzene rings is 1. The van der Waals surface area contributed by atoms with Crippen molar-refractivity contribution in [3.8, 4) is 0 Å². The third-order valence-corrected chi connectivity index (χ3v) is 4.74. The summed E-state index contributed by atoms with van der Waals surface area (Å²) in [7, 11) is 3.43. The molecule has 202 valence electrons. The lowest BCUT2D eigenvalue weighted by Gasteiger charge is -2.26. The number of likely N-dealkylation sites (N-methyl/N-ethyl adjacent to an activating group) is 1. The average Bonchev–Trinajstić information content (AvgIpc) is 2.79. The number of nitrogens with zero attached hydrogens (tertiary/aromatic N) is 2. The number of rotatable bonds is 14. The molecule has 0 saturated carbocycles. The van der Waals surface area contributed by atoms with Gasteiger partial charge in [0.2, 0.25) is 23.5 Å². The first kappa shape index (κ1) is 31.1. The fourth-order valence-electron chi connectivity index (χ4n) is 3.14. The third-order valence-electron chi connectivity index (χ3n) is 4.74. The Hall–Kier alpha value is -3.89. The number of carbonyl (C=O) groups is 5. The van der Waals surface area contributed by atoms with Crippen LogP contribution in [0.2, 0.25) is 0 Å². The van der Waals surface area contributed by atoms with Crippen molar-refractivity contribution >= 4 is 35.7 Å². The molecule has 0 fully saturated rings. The van der Waals surface area contributed by atoms with Crippen molar-refractivity contribution in [1.29, 1.82) is 5.53 Å². The van der Waals surface area contributed by atoms with E-state index < -0.39 is 41.3 Å². The van der Waals surface area contributed by atoms with Crippen LogP contribution in [0.5, 0.6) is 0 Å². The van der Waals surface area contributed by atoms with Crippen LogP contribution in [0.4, 0.5) is 0 Å². The smallest absolute Gasteiger partial charge is 0.372 e. The van der Waals surface area contributed by atoms with Crippen LogP contribution in [-0.2, 0) is 35.1 Å². The maximum atomic E-state index is 13.2. The zero-order valence-corrected chi connectivity index (χ0v) is 22.0. The molecule has 12 heteroatoms. The Morgan fingerprint density at radius 1 is 1.03 bits per heavy atom. The Bertz CT molecular complexity index is 999. The molecular weight excluding hydrogens is 480 g/mol. The molecule has 0 aliphatic heterocycles. The van der Waals surface area contributed by atoms with Crippen LogP contribution in [0.3, 0.4) is 0 Å². The monoisotopic (exact) mass is 517 g/mol. The molecule has 0 saturated heterocycles. The first-order valence-corrected chi connectivity index (χ1v) is 11.8. The second-order valence-corrected chi connectivity index (χ2v) is 9.68. The van der Waals surface area contributed by atoms with Crippen molar-refractivity contribution in [2.24, 2.45) is 0 Å². The first-order chi connectivity index (χ1) is 17.3. The van der Waals surface area contributed by atoms with Crippen LogP contribution < -0.4 is 16.0 Å². The third kappa shape index (κ3) is 13.7. The highest BCUT2D eigenvalue weighted by atomic mass is 16.6. The number of ketones is 1. The number of ether oxygens (including phenoxy) is 1. The van der Waals surface area contributed by atoms with E-state index in [0.717, 1.165) is 11.8 Å². The summed E-state index contributed by atoms with van der Waals surface area (Å²) in [5.74, 6) is -2.82. The average molecular weight is 518 g/mol. The zero-order valence-electron chi connectivity index (χ0n) is 22.0. The summed E-state index contributed by atoms with van der Waals surface area (Å²) < 4.78 is 5.39. The Morgan fingerprint density at radius 2 is 1.68 bits per heavy atom. The molecule has 1 aromatic carbocycles. The minimum absolute atomic E-state index is 0.0852. The van der Waals surface area contributed by atoms with E-state index in [1.165, 1.54) is 0 Å². The molecule has 0 bridgehead atoms. The minimum Gasteiger partial charge on any atom is -0.458 e. The molecule has 37 heavy (non-hydrogen) atoms. The maximum Gasteiger partial charge on any atom is 0.372 e. The number of nitrogens with one attached hydrogen (secondary N) is 4. The Balaban J connectivity index is 3.03. The van der Waals surface area contributed by atoms with Gasteiger partial charge in [-0.2, -0.15) is 0 Å². The molecule has 0 spiro atoms. The quantitative estimate of drug-likeness (QED) is 0.115. The second-order valence-electron chi connectivity index (χ2n) is 9.68. The highest BCUT2D eigenvalue weighted by Crippen LogP contribution is 2.12. The van der Waals surface area contributed by atoms with Crippen LogP contribution >= 0.6 is 0 Å². The molecule has 3 amide bonds. The van der Waals surface area contributed by atoms with Gasteiger partial charge in [-0.25, -0.2) is 4.79 Å². The molecule has 2 atom stereocenters. The van der Waals surface area contributed by atoms with Crippen LogP contribution in [-0.4, -0.2) is 90.2 Å².